The zero-order chi connectivity index (χ0) is 9.30. The first-order chi connectivity index (χ1) is 5.54. The van der Waals surface area contributed by atoms with Crippen molar-refractivity contribution in [1.29, 1.82) is 0 Å². The molecule has 0 aliphatic heterocycles. The van der Waals surface area contributed by atoms with E-state index < -0.39 is 0 Å². The first-order valence-electron chi connectivity index (χ1n) is 3.66. The molecule has 3 heteroatoms. The second-order valence-corrected chi connectivity index (χ2v) is 3.33. The van der Waals surface area contributed by atoms with Gasteiger partial charge < -0.3 is 4.90 Å². The maximum atomic E-state index is 13.4. The quantitative estimate of drug-likeness (QED) is 0.654. The molecule has 12 heavy (non-hydrogen) atoms. The van der Waals surface area contributed by atoms with Crippen LogP contribution in [0.1, 0.15) is 5.56 Å². The first-order valence-corrected chi connectivity index (χ1v) is 4.03. The van der Waals surface area contributed by atoms with Crippen LogP contribution < -0.4 is 4.90 Å². The molecular weight excluding hydrogens is 177 g/mol. The molecule has 0 atom stereocenters. The molecule has 0 fully saturated rings. The molecule has 0 amide bonds. The molecule has 1 aromatic rings. The van der Waals surface area contributed by atoms with E-state index in [1.165, 1.54) is 0 Å². The van der Waals surface area contributed by atoms with Gasteiger partial charge in [0.05, 0.1) is 10.7 Å². The summed E-state index contributed by atoms with van der Waals surface area (Å²) in [5, 5.41) is 0.447. The van der Waals surface area contributed by atoms with Crippen LogP contribution in [0.3, 0.4) is 0 Å². The molecule has 0 radical (unpaired) electrons. The number of hydrogen-bond acceptors (Lipinski definition) is 1. The summed E-state index contributed by atoms with van der Waals surface area (Å²) in [6.07, 6.45) is 0. The number of anilines is 1. The first kappa shape index (κ1) is 9.33. The normalized spacial score (nSPS) is 10.1. The Morgan fingerprint density at radius 1 is 1.33 bits per heavy atom. The lowest BCUT2D eigenvalue weighted by atomic mass is 10.2. The lowest BCUT2D eigenvalue weighted by molar-refractivity contribution is 0.617. The van der Waals surface area contributed by atoms with Crippen LogP contribution in [0, 0.1) is 12.7 Å². The largest absolute Gasteiger partial charge is 0.374 e. The molecule has 1 nitrogen and oxygen atoms in total. The smallest absolute Gasteiger partial charge is 0.150 e. The van der Waals surface area contributed by atoms with Crippen LogP contribution in [0.15, 0.2) is 12.1 Å². The second-order valence-electron chi connectivity index (χ2n) is 2.92. The van der Waals surface area contributed by atoms with Crippen molar-refractivity contribution in [2.24, 2.45) is 0 Å². The third-order valence-corrected chi connectivity index (χ3v) is 2.01. The molecule has 0 aliphatic rings. The van der Waals surface area contributed by atoms with Gasteiger partial charge in [-0.1, -0.05) is 17.7 Å². The maximum Gasteiger partial charge on any atom is 0.150 e. The molecule has 0 aromatic heterocycles. The summed E-state index contributed by atoms with van der Waals surface area (Å²) < 4.78 is 13.4. The lowest BCUT2D eigenvalue weighted by Crippen LogP contribution is -2.11. The van der Waals surface area contributed by atoms with E-state index in [1.54, 1.807) is 38.1 Å². The summed E-state index contributed by atoms with van der Waals surface area (Å²) in [6.45, 7) is 1.72. The molecule has 0 saturated heterocycles. The van der Waals surface area contributed by atoms with Gasteiger partial charge in [0.2, 0.25) is 0 Å². The summed E-state index contributed by atoms with van der Waals surface area (Å²) in [5.74, 6) is -0.243. The van der Waals surface area contributed by atoms with Crippen molar-refractivity contribution in [3.63, 3.8) is 0 Å². The molecule has 0 heterocycles. The average Bonchev–Trinajstić information content (AvgIpc) is 1.97. The van der Waals surface area contributed by atoms with Crippen LogP contribution in [0.5, 0.6) is 0 Å². The lowest BCUT2D eigenvalue weighted by Gasteiger charge is -2.16. The van der Waals surface area contributed by atoms with Crippen LogP contribution in [-0.4, -0.2) is 14.1 Å². The van der Waals surface area contributed by atoms with Crippen LogP contribution in [-0.2, 0) is 0 Å². The van der Waals surface area contributed by atoms with Gasteiger partial charge in [-0.05, 0) is 18.6 Å². The number of nitrogens with zero attached hydrogens (tertiary/aromatic N) is 1. The molecule has 0 saturated carbocycles. The Morgan fingerprint density at radius 3 is 2.33 bits per heavy atom. The van der Waals surface area contributed by atoms with Gasteiger partial charge in [0.15, 0.2) is 5.82 Å². The average molecular weight is 188 g/mol. The second kappa shape index (κ2) is 3.31. The van der Waals surface area contributed by atoms with Gasteiger partial charge in [-0.15, -0.1) is 0 Å². The predicted molar refractivity (Wildman–Crippen MR) is 50.5 cm³/mol. The Kier molecular flexibility index (Phi) is 2.58. The van der Waals surface area contributed by atoms with E-state index in [-0.39, 0.29) is 5.82 Å². The van der Waals surface area contributed by atoms with Gasteiger partial charge in [0.1, 0.15) is 0 Å². The fraction of sp³-hybridized carbons (Fsp3) is 0.333. The summed E-state index contributed by atoms with van der Waals surface area (Å²) in [7, 11) is 3.54. The van der Waals surface area contributed by atoms with Gasteiger partial charge in [-0.2, -0.15) is 0 Å². The fourth-order valence-electron chi connectivity index (χ4n) is 1.05. The zero-order valence-corrected chi connectivity index (χ0v) is 8.11. The zero-order valence-electron chi connectivity index (χ0n) is 7.36. The molecule has 66 valence electrons. The van der Waals surface area contributed by atoms with Crippen molar-refractivity contribution in [2.75, 3.05) is 19.0 Å². The fourth-order valence-corrected chi connectivity index (χ4v) is 1.37. The van der Waals surface area contributed by atoms with E-state index in [0.29, 0.717) is 16.3 Å². The summed E-state index contributed by atoms with van der Waals surface area (Å²) in [5.41, 5.74) is 1.07. The molecule has 1 rings (SSSR count). The summed E-state index contributed by atoms with van der Waals surface area (Å²) in [6, 6.07) is 3.37. The molecule has 0 unspecified atom stereocenters. The van der Waals surface area contributed by atoms with Crippen LogP contribution in [0.25, 0.3) is 0 Å². The van der Waals surface area contributed by atoms with Gasteiger partial charge in [-0.3, -0.25) is 0 Å². The number of rotatable bonds is 1. The standard InChI is InChI=1S/C9H11ClFN/c1-6-4-5-7(10)9(8(6)11)12(2)3/h4-5H,1-3H3. The Labute approximate surface area is 76.8 Å². The summed E-state index contributed by atoms with van der Waals surface area (Å²) >= 11 is 5.81. The molecule has 0 spiro atoms. The van der Waals surface area contributed by atoms with Crippen LogP contribution in [0.2, 0.25) is 5.02 Å². The SMILES string of the molecule is Cc1ccc(Cl)c(N(C)C)c1F. The number of halogens is 2. The van der Waals surface area contributed by atoms with Gasteiger partial charge in [0.25, 0.3) is 0 Å². The Balaban J connectivity index is 3.33. The predicted octanol–water partition coefficient (Wildman–Crippen LogP) is 2.85. The Hall–Kier alpha value is -0.760. The third-order valence-electron chi connectivity index (χ3n) is 1.71. The van der Waals surface area contributed by atoms with Gasteiger partial charge >= 0.3 is 0 Å². The minimum absolute atomic E-state index is 0.243. The van der Waals surface area contributed by atoms with Crippen molar-refractivity contribution in [1.82, 2.24) is 0 Å². The van der Waals surface area contributed by atoms with E-state index in [1.807, 2.05) is 0 Å². The highest BCUT2D eigenvalue weighted by Gasteiger charge is 2.10. The third kappa shape index (κ3) is 1.53. The number of benzene rings is 1. The van der Waals surface area contributed by atoms with Gasteiger partial charge in [-0.25, -0.2) is 4.39 Å². The molecular formula is C9H11ClFN. The highest BCUT2D eigenvalue weighted by atomic mass is 35.5. The highest BCUT2D eigenvalue weighted by Crippen LogP contribution is 2.28. The van der Waals surface area contributed by atoms with Gasteiger partial charge in [0, 0.05) is 14.1 Å². The van der Waals surface area contributed by atoms with Crippen molar-refractivity contribution >= 4 is 17.3 Å². The van der Waals surface area contributed by atoms with Crippen LogP contribution in [0.4, 0.5) is 10.1 Å². The van der Waals surface area contributed by atoms with Crippen molar-refractivity contribution in [3.8, 4) is 0 Å². The monoisotopic (exact) mass is 187 g/mol. The van der Waals surface area contributed by atoms with E-state index >= 15 is 0 Å². The molecule has 0 N–H and O–H groups in total. The van der Waals surface area contributed by atoms with E-state index in [2.05, 4.69) is 0 Å². The number of aryl methyl sites for hydroxylation is 1. The maximum absolute atomic E-state index is 13.4. The van der Waals surface area contributed by atoms with E-state index in [4.69, 9.17) is 11.6 Å². The van der Waals surface area contributed by atoms with Crippen LogP contribution >= 0.6 is 11.6 Å². The molecule has 0 bridgehead atoms. The van der Waals surface area contributed by atoms with Crippen molar-refractivity contribution < 1.29 is 4.39 Å². The van der Waals surface area contributed by atoms with E-state index in [9.17, 15) is 4.39 Å². The molecule has 1 aromatic carbocycles. The highest BCUT2D eigenvalue weighted by molar-refractivity contribution is 6.33. The van der Waals surface area contributed by atoms with E-state index in [0.717, 1.165) is 0 Å². The molecule has 0 aliphatic carbocycles. The summed E-state index contributed by atoms with van der Waals surface area (Å²) in [4.78, 5) is 1.67. The van der Waals surface area contributed by atoms with Crippen molar-refractivity contribution in [3.05, 3.63) is 28.5 Å². The topological polar surface area (TPSA) is 3.24 Å². The number of hydrogen-bond donors (Lipinski definition) is 0. The van der Waals surface area contributed by atoms with Crippen molar-refractivity contribution in [2.45, 2.75) is 6.92 Å². The Morgan fingerprint density at radius 2 is 1.92 bits per heavy atom. The minimum Gasteiger partial charge on any atom is -0.374 e. The Bertz CT molecular complexity index is 297. The minimum atomic E-state index is -0.243.